The van der Waals surface area contributed by atoms with Crippen LogP contribution < -0.4 is 5.32 Å². The number of ketones is 1. The fourth-order valence-electron chi connectivity index (χ4n) is 2.85. The Morgan fingerprint density at radius 2 is 1.94 bits per heavy atom. The smallest absolute Gasteiger partial charge is 0.164 e. The molecule has 1 saturated heterocycles. The summed E-state index contributed by atoms with van der Waals surface area (Å²) in [6.45, 7) is 7.41. The average Bonchev–Trinajstić information content (AvgIpc) is 2.27. The van der Waals surface area contributed by atoms with Crippen molar-refractivity contribution in [1.82, 2.24) is 5.32 Å². The van der Waals surface area contributed by atoms with E-state index < -0.39 is 0 Å². The molecule has 1 aromatic rings. The second-order valence-electron chi connectivity index (χ2n) is 5.78. The van der Waals surface area contributed by atoms with Gasteiger partial charge in [0.05, 0.1) is 0 Å². The molecule has 2 unspecified atom stereocenters. The van der Waals surface area contributed by atoms with Crippen LogP contribution in [0.4, 0.5) is 0 Å². The number of hydrogen-bond donors (Lipinski definition) is 1. The van der Waals surface area contributed by atoms with E-state index in [1.54, 1.807) is 0 Å². The maximum Gasteiger partial charge on any atom is 0.164 e. The van der Waals surface area contributed by atoms with Crippen molar-refractivity contribution in [3.8, 4) is 0 Å². The van der Waals surface area contributed by atoms with E-state index in [-0.39, 0.29) is 5.78 Å². The summed E-state index contributed by atoms with van der Waals surface area (Å²) in [7, 11) is 0. The molecule has 98 valence electrons. The lowest BCUT2D eigenvalue weighted by atomic mass is 9.90. The topological polar surface area (TPSA) is 29.1 Å². The highest BCUT2D eigenvalue weighted by Crippen LogP contribution is 2.19. The number of piperidine rings is 1. The Kier molecular flexibility index (Phi) is 4.18. The normalized spacial score (nSPS) is 23.9. The fourth-order valence-corrected chi connectivity index (χ4v) is 2.85. The SMILES string of the molecule is Cc1cc(C)cc(C(=O)CC2CC(C)CCN2)c1. The van der Waals surface area contributed by atoms with Gasteiger partial charge in [-0.05, 0) is 51.3 Å². The summed E-state index contributed by atoms with van der Waals surface area (Å²) >= 11 is 0. The third-order valence-electron chi connectivity index (χ3n) is 3.73. The summed E-state index contributed by atoms with van der Waals surface area (Å²) in [4.78, 5) is 12.3. The van der Waals surface area contributed by atoms with Crippen molar-refractivity contribution in [3.05, 3.63) is 34.9 Å². The highest BCUT2D eigenvalue weighted by Gasteiger charge is 2.21. The minimum atomic E-state index is 0.272. The summed E-state index contributed by atoms with van der Waals surface area (Å²) < 4.78 is 0. The van der Waals surface area contributed by atoms with Gasteiger partial charge < -0.3 is 5.32 Å². The molecule has 1 heterocycles. The zero-order valence-electron chi connectivity index (χ0n) is 11.6. The molecule has 18 heavy (non-hydrogen) atoms. The number of carbonyl (C=O) groups excluding carboxylic acids is 1. The fraction of sp³-hybridized carbons (Fsp3) is 0.562. The van der Waals surface area contributed by atoms with E-state index in [1.807, 2.05) is 26.0 Å². The lowest BCUT2D eigenvalue weighted by Gasteiger charge is -2.27. The first-order valence-corrected chi connectivity index (χ1v) is 6.89. The number of rotatable bonds is 3. The molecular weight excluding hydrogens is 222 g/mol. The second-order valence-corrected chi connectivity index (χ2v) is 5.78. The van der Waals surface area contributed by atoms with Crippen molar-refractivity contribution in [2.75, 3.05) is 6.54 Å². The summed E-state index contributed by atoms with van der Waals surface area (Å²) in [5, 5.41) is 3.46. The monoisotopic (exact) mass is 245 g/mol. The molecule has 1 aliphatic rings. The molecule has 2 heteroatoms. The standard InChI is InChI=1S/C16H23NO/c1-11-4-5-17-15(9-11)10-16(18)14-7-12(2)6-13(3)8-14/h6-8,11,15,17H,4-5,9-10H2,1-3H3. The molecule has 0 saturated carbocycles. The first-order chi connectivity index (χ1) is 8.54. The van der Waals surface area contributed by atoms with Crippen LogP contribution in [0, 0.1) is 19.8 Å². The highest BCUT2D eigenvalue weighted by atomic mass is 16.1. The molecule has 2 atom stereocenters. The Hall–Kier alpha value is -1.15. The van der Waals surface area contributed by atoms with Crippen molar-refractivity contribution in [2.24, 2.45) is 5.92 Å². The van der Waals surface area contributed by atoms with Gasteiger partial charge in [0.25, 0.3) is 0 Å². The number of carbonyl (C=O) groups is 1. The third-order valence-corrected chi connectivity index (χ3v) is 3.73. The van der Waals surface area contributed by atoms with Crippen molar-refractivity contribution < 1.29 is 4.79 Å². The van der Waals surface area contributed by atoms with Gasteiger partial charge in [-0.2, -0.15) is 0 Å². The predicted molar refractivity (Wildman–Crippen MR) is 75.1 cm³/mol. The molecule has 1 aromatic carbocycles. The molecule has 0 bridgehead atoms. The maximum atomic E-state index is 12.3. The zero-order chi connectivity index (χ0) is 13.1. The van der Waals surface area contributed by atoms with Gasteiger partial charge in [0.2, 0.25) is 0 Å². The highest BCUT2D eigenvalue weighted by molar-refractivity contribution is 5.96. The average molecular weight is 245 g/mol. The lowest BCUT2D eigenvalue weighted by molar-refractivity contribution is 0.0958. The molecule has 1 aliphatic heterocycles. The summed E-state index contributed by atoms with van der Waals surface area (Å²) in [5.74, 6) is 1.01. The van der Waals surface area contributed by atoms with E-state index >= 15 is 0 Å². The molecule has 2 nitrogen and oxygen atoms in total. The van der Waals surface area contributed by atoms with Crippen LogP contribution in [0.3, 0.4) is 0 Å². The van der Waals surface area contributed by atoms with Crippen molar-refractivity contribution in [1.29, 1.82) is 0 Å². The Bertz CT molecular complexity index is 418. The maximum absolute atomic E-state index is 12.3. The molecule has 2 rings (SSSR count). The first-order valence-electron chi connectivity index (χ1n) is 6.89. The molecule has 1 N–H and O–H groups in total. The number of benzene rings is 1. The zero-order valence-corrected chi connectivity index (χ0v) is 11.6. The van der Waals surface area contributed by atoms with Gasteiger partial charge in [-0.25, -0.2) is 0 Å². The van der Waals surface area contributed by atoms with Crippen molar-refractivity contribution in [3.63, 3.8) is 0 Å². The van der Waals surface area contributed by atoms with Crippen LogP contribution in [0.15, 0.2) is 18.2 Å². The van der Waals surface area contributed by atoms with E-state index in [0.29, 0.717) is 12.5 Å². The number of nitrogens with one attached hydrogen (secondary N) is 1. The van der Waals surface area contributed by atoms with Crippen LogP contribution in [0.2, 0.25) is 0 Å². The van der Waals surface area contributed by atoms with Gasteiger partial charge in [0.15, 0.2) is 5.78 Å². The van der Waals surface area contributed by atoms with Crippen LogP contribution in [0.1, 0.15) is 47.7 Å². The van der Waals surface area contributed by atoms with Crippen molar-refractivity contribution >= 4 is 5.78 Å². The van der Waals surface area contributed by atoms with Crippen molar-refractivity contribution in [2.45, 2.75) is 46.1 Å². The number of Topliss-reactive ketones (excluding diaryl/α,β-unsaturated/α-hetero) is 1. The number of aryl methyl sites for hydroxylation is 2. The van der Waals surface area contributed by atoms with E-state index in [9.17, 15) is 4.79 Å². The third kappa shape index (κ3) is 3.42. The van der Waals surface area contributed by atoms with Crippen LogP contribution >= 0.6 is 0 Å². The van der Waals surface area contributed by atoms with Gasteiger partial charge in [-0.1, -0.05) is 24.1 Å². The van der Waals surface area contributed by atoms with Gasteiger partial charge >= 0.3 is 0 Å². The minimum Gasteiger partial charge on any atom is -0.314 e. The van der Waals surface area contributed by atoms with Gasteiger partial charge in [-0.15, -0.1) is 0 Å². The van der Waals surface area contributed by atoms with Gasteiger partial charge in [-0.3, -0.25) is 4.79 Å². The minimum absolute atomic E-state index is 0.272. The van der Waals surface area contributed by atoms with Crippen LogP contribution in [-0.2, 0) is 0 Å². The second kappa shape index (κ2) is 5.66. The van der Waals surface area contributed by atoms with Crippen LogP contribution in [0.25, 0.3) is 0 Å². The Morgan fingerprint density at radius 1 is 1.28 bits per heavy atom. The molecule has 0 radical (unpaired) electrons. The Morgan fingerprint density at radius 3 is 2.56 bits per heavy atom. The number of hydrogen-bond acceptors (Lipinski definition) is 2. The largest absolute Gasteiger partial charge is 0.314 e. The van der Waals surface area contributed by atoms with E-state index in [4.69, 9.17) is 0 Å². The molecule has 1 fully saturated rings. The summed E-state index contributed by atoms with van der Waals surface area (Å²) in [5.41, 5.74) is 3.21. The molecule has 0 amide bonds. The van der Waals surface area contributed by atoms with Gasteiger partial charge in [0.1, 0.15) is 0 Å². The molecule has 0 aliphatic carbocycles. The predicted octanol–water partition coefficient (Wildman–Crippen LogP) is 3.26. The van der Waals surface area contributed by atoms with E-state index in [0.717, 1.165) is 24.4 Å². The summed E-state index contributed by atoms with van der Waals surface area (Å²) in [6.07, 6.45) is 2.98. The molecular formula is C16H23NO. The van der Waals surface area contributed by atoms with Crippen LogP contribution in [-0.4, -0.2) is 18.4 Å². The quantitative estimate of drug-likeness (QED) is 0.828. The van der Waals surface area contributed by atoms with E-state index in [2.05, 4.69) is 18.3 Å². The van der Waals surface area contributed by atoms with Crippen LogP contribution in [0.5, 0.6) is 0 Å². The Balaban J connectivity index is 2.02. The lowest BCUT2D eigenvalue weighted by Crippen LogP contribution is -2.38. The van der Waals surface area contributed by atoms with E-state index in [1.165, 1.54) is 17.5 Å². The first kappa shape index (κ1) is 13.3. The van der Waals surface area contributed by atoms with Gasteiger partial charge in [0, 0.05) is 18.0 Å². The molecule has 0 aromatic heterocycles. The summed E-state index contributed by atoms with van der Waals surface area (Å²) in [6, 6.07) is 6.48. The Labute approximate surface area is 110 Å². The molecule has 0 spiro atoms.